The number of halogens is 1. The van der Waals surface area contributed by atoms with Gasteiger partial charge in [-0.1, -0.05) is 60.1 Å². The van der Waals surface area contributed by atoms with Gasteiger partial charge in [-0.05, 0) is 42.3 Å². The number of aryl methyl sites for hydroxylation is 2. The normalized spacial score (nSPS) is 12.1. The van der Waals surface area contributed by atoms with E-state index in [0.29, 0.717) is 17.3 Å². The molecule has 2 N–H and O–H groups in total. The van der Waals surface area contributed by atoms with Crippen LogP contribution >= 0.6 is 11.6 Å². The Bertz CT molecular complexity index is 1190. The highest BCUT2D eigenvalue weighted by atomic mass is 35.5. The average Bonchev–Trinajstić information content (AvgIpc) is 3.07. The van der Waals surface area contributed by atoms with Crippen molar-refractivity contribution in [1.82, 2.24) is 14.9 Å². The second-order valence-corrected chi connectivity index (χ2v) is 7.66. The molecule has 0 unspecified atom stereocenters. The molecule has 6 heteroatoms. The van der Waals surface area contributed by atoms with Crippen molar-refractivity contribution in [3.63, 3.8) is 0 Å². The van der Waals surface area contributed by atoms with Crippen LogP contribution in [0.2, 0.25) is 5.02 Å². The fraction of sp³-hybridized carbons (Fsp3) is 0.167. The number of anilines is 1. The molecule has 152 valence electrons. The van der Waals surface area contributed by atoms with Crippen molar-refractivity contribution in [3.05, 3.63) is 94.8 Å². The molecule has 4 rings (SSSR count). The number of carbonyl (C=O) groups excluding carboxylic acids is 1. The van der Waals surface area contributed by atoms with E-state index in [4.69, 9.17) is 16.6 Å². The van der Waals surface area contributed by atoms with Crippen LogP contribution in [0.3, 0.4) is 0 Å². The van der Waals surface area contributed by atoms with Crippen LogP contribution in [0, 0.1) is 6.92 Å². The lowest BCUT2D eigenvalue weighted by Crippen LogP contribution is -2.33. The van der Waals surface area contributed by atoms with Crippen molar-refractivity contribution in [2.24, 2.45) is 7.05 Å². The molecule has 1 atom stereocenters. The number of rotatable bonds is 6. The van der Waals surface area contributed by atoms with E-state index in [-0.39, 0.29) is 5.91 Å². The summed E-state index contributed by atoms with van der Waals surface area (Å²) in [6.45, 7) is 2.38. The Balaban J connectivity index is 1.57. The molecule has 0 bridgehead atoms. The Morgan fingerprint density at radius 3 is 2.53 bits per heavy atom. The van der Waals surface area contributed by atoms with Crippen molar-refractivity contribution in [2.45, 2.75) is 19.5 Å². The second-order valence-electron chi connectivity index (χ2n) is 7.25. The van der Waals surface area contributed by atoms with E-state index in [1.165, 1.54) is 0 Å². The van der Waals surface area contributed by atoms with Crippen molar-refractivity contribution < 1.29 is 4.79 Å². The first-order chi connectivity index (χ1) is 14.5. The lowest BCUT2D eigenvalue weighted by atomic mass is 10.1. The quantitative estimate of drug-likeness (QED) is 0.463. The minimum Gasteiger partial charge on any atom is -0.330 e. The molecular formula is C24H23ClN4O. The number of nitrogens with zero attached hydrogens (tertiary/aromatic N) is 2. The molecule has 1 aromatic heterocycles. The predicted octanol–water partition coefficient (Wildman–Crippen LogP) is 5.00. The number of para-hydroxylation sites is 2. The molecule has 0 aliphatic rings. The minimum absolute atomic E-state index is 0.153. The maximum atomic E-state index is 13.1. The highest BCUT2D eigenvalue weighted by Gasteiger charge is 2.21. The number of aromatic nitrogens is 2. The Labute approximate surface area is 180 Å². The van der Waals surface area contributed by atoms with Gasteiger partial charge in [0, 0.05) is 17.8 Å². The fourth-order valence-corrected chi connectivity index (χ4v) is 3.62. The molecule has 0 aliphatic carbocycles. The number of imidazole rings is 1. The van der Waals surface area contributed by atoms with E-state index in [1.54, 1.807) is 6.07 Å². The summed E-state index contributed by atoms with van der Waals surface area (Å²) in [6.07, 6.45) is 0. The third kappa shape index (κ3) is 4.22. The predicted molar refractivity (Wildman–Crippen MR) is 122 cm³/mol. The molecular weight excluding hydrogens is 396 g/mol. The standard InChI is InChI=1S/C24H23ClN4O/c1-16-12-13-18(14-19(16)25)27-24(30)23(17-8-4-3-5-9-17)26-15-22-28-20-10-6-7-11-21(20)29(22)2/h3-14,23,26H,15H2,1-2H3,(H,27,30)/t23-/m0/s1. The summed E-state index contributed by atoms with van der Waals surface area (Å²) < 4.78 is 2.04. The van der Waals surface area contributed by atoms with Gasteiger partial charge in [0.15, 0.2) is 0 Å². The molecule has 0 saturated heterocycles. The summed E-state index contributed by atoms with van der Waals surface area (Å²) in [5.74, 6) is 0.711. The zero-order valence-electron chi connectivity index (χ0n) is 16.9. The van der Waals surface area contributed by atoms with E-state index < -0.39 is 6.04 Å². The highest BCUT2D eigenvalue weighted by molar-refractivity contribution is 6.31. The Kier molecular flexibility index (Phi) is 5.84. The zero-order chi connectivity index (χ0) is 21.1. The Hall–Kier alpha value is -3.15. The number of nitrogens with one attached hydrogen (secondary N) is 2. The smallest absolute Gasteiger partial charge is 0.246 e. The number of fused-ring (bicyclic) bond motifs is 1. The molecule has 0 aliphatic heterocycles. The van der Waals surface area contributed by atoms with Gasteiger partial charge in [-0.15, -0.1) is 0 Å². The summed E-state index contributed by atoms with van der Waals surface area (Å²) in [5.41, 5.74) is 4.51. The second kappa shape index (κ2) is 8.69. The fourth-order valence-electron chi connectivity index (χ4n) is 3.44. The minimum atomic E-state index is -0.536. The van der Waals surface area contributed by atoms with Crippen LogP contribution in [0.4, 0.5) is 5.69 Å². The average molecular weight is 419 g/mol. The van der Waals surface area contributed by atoms with Gasteiger partial charge in [-0.25, -0.2) is 4.98 Å². The maximum Gasteiger partial charge on any atom is 0.246 e. The molecule has 0 fully saturated rings. The van der Waals surface area contributed by atoms with E-state index in [9.17, 15) is 4.79 Å². The zero-order valence-corrected chi connectivity index (χ0v) is 17.6. The molecule has 30 heavy (non-hydrogen) atoms. The van der Waals surface area contributed by atoms with Gasteiger partial charge in [0.25, 0.3) is 0 Å². The van der Waals surface area contributed by atoms with Gasteiger partial charge in [-0.3, -0.25) is 10.1 Å². The first-order valence-electron chi connectivity index (χ1n) is 9.78. The van der Waals surface area contributed by atoms with Gasteiger partial charge in [0.1, 0.15) is 11.9 Å². The van der Waals surface area contributed by atoms with Crippen LogP contribution in [-0.2, 0) is 18.4 Å². The Morgan fingerprint density at radius 1 is 1.07 bits per heavy atom. The lowest BCUT2D eigenvalue weighted by Gasteiger charge is -2.19. The van der Waals surface area contributed by atoms with Crippen LogP contribution < -0.4 is 10.6 Å². The SMILES string of the molecule is Cc1ccc(NC(=O)[C@@H](NCc2nc3ccccc3n2C)c2ccccc2)cc1Cl. The van der Waals surface area contributed by atoms with E-state index in [0.717, 1.165) is 28.0 Å². The number of carbonyl (C=O) groups is 1. The molecule has 0 radical (unpaired) electrons. The molecule has 1 heterocycles. The largest absolute Gasteiger partial charge is 0.330 e. The summed E-state index contributed by atoms with van der Waals surface area (Å²) in [4.78, 5) is 17.8. The van der Waals surface area contributed by atoms with Crippen LogP contribution in [-0.4, -0.2) is 15.5 Å². The first kappa shape index (κ1) is 20.1. The molecule has 3 aromatic carbocycles. The molecule has 1 amide bonds. The molecule has 0 saturated carbocycles. The van der Waals surface area contributed by atoms with Crippen LogP contribution in [0.1, 0.15) is 23.0 Å². The number of hydrogen-bond acceptors (Lipinski definition) is 3. The Morgan fingerprint density at radius 2 is 1.80 bits per heavy atom. The number of hydrogen-bond donors (Lipinski definition) is 2. The maximum absolute atomic E-state index is 13.1. The molecule has 0 spiro atoms. The summed E-state index contributed by atoms with van der Waals surface area (Å²) in [7, 11) is 1.98. The number of benzene rings is 3. The first-order valence-corrected chi connectivity index (χ1v) is 10.2. The van der Waals surface area contributed by atoms with Crippen LogP contribution in [0.15, 0.2) is 72.8 Å². The van der Waals surface area contributed by atoms with E-state index in [1.807, 2.05) is 85.3 Å². The van der Waals surface area contributed by atoms with Crippen molar-refractivity contribution in [3.8, 4) is 0 Å². The van der Waals surface area contributed by atoms with Gasteiger partial charge < -0.3 is 9.88 Å². The van der Waals surface area contributed by atoms with Crippen LogP contribution in [0.5, 0.6) is 0 Å². The lowest BCUT2D eigenvalue weighted by molar-refractivity contribution is -0.118. The monoisotopic (exact) mass is 418 g/mol. The van der Waals surface area contributed by atoms with E-state index in [2.05, 4.69) is 10.6 Å². The van der Waals surface area contributed by atoms with Gasteiger partial charge in [0.05, 0.1) is 17.6 Å². The van der Waals surface area contributed by atoms with Crippen molar-refractivity contribution in [1.29, 1.82) is 0 Å². The molecule has 4 aromatic rings. The van der Waals surface area contributed by atoms with Crippen LogP contribution in [0.25, 0.3) is 11.0 Å². The highest BCUT2D eigenvalue weighted by Crippen LogP contribution is 2.22. The van der Waals surface area contributed by atoms with Gasteiger partial charge in [0.2, 0.25) is 5.91 Å². The topological polar surface area (TPSA) is 59.0 Å². The summed E-state index contributed by atoms with van der Waals surface area (Å²) in [5, 5.41) is 6.97. The third-order valence-corrected chi connectivity index (χ3v) is 5.59. The van der Waals surface area contributed by atoms with E-state index >= 15 is 0 Å². The number of amides is 1. The van der Waals surface area contributed by atoms with Crippen molar-refractivity contribution >= 4 is 34.2 Å². The van der Waals surface area contributed by atoms with Gasteiger partial charge >= 0.3 is 0 Å². The van der Waals surface area contributed by atoms with Crippen molar-refractivity contribution in [2.75, 3.05) is 5.32 Å². The molecule has 5 nitrogen and oxygen atoms in total. The third-order valence-electron chi connectivity index (χ3n) is 5.18. The van der Waals surface area contributed by atoms with Gasteiger partial charge in [-0.2, -0.15) is 0 Å². The summed E-state index contributed by atoms with van der Waals surface area (Å²) in [6, 6.07) is 22.6. The summed E-state index contributed by atoms with van der Waals surface area (Å²) >= 11 is 6.21.